The van der Waals surface area contributed by atoms with Crippen molar-refractivity contribution >= 4 is 28.3 Å². The molecule has 1 amide bonds. The molecule has 1 aliphatic carbocycles. The number of nitrogens with one attached hydrogen (secondary N) is 2. The highest BCUT2D eigenvalue weighted by molar-refractivity contribution is 6.07. The fourth-order valence-corrected chi connectivity index (χ4v) is 3.73. The van der Waals surface area contributed by atoms with Crippen LogP contribution >= 0.6 is 0 Å². The molecular formula is C23H25N3O. The number of para-hydroxylation sites is 1. The summed E-state index contributed by atoms with van der Waals surface area (Å²) in [4.78, 5) is 17.7. The molecule has 0 radical (unpaired) electrons. The molecule has 0 unspecified atom stereocenters. The monoisotopic (exact) mass is 359 g/mol. The first-order valence-electron chi connectivity index (χ1n) is 9.65. The number of hydrogen-bond acceptors (Lipinski definition) is 3. The third kappa shape index (κ3) is 3.80. The van der Waals surface area contributed by atoms with Crippen molar-refractivity contribution in [2.75, 3.05) is 5.32 Å². The number of pyridine rings is 1. The maximum atomic E-state index is 13.0. The van der Waals surface area contributed by atoms with E-state index >= 15 is 0 Å². The first kappa shape index (κ1) is 17.5. The second-order valence-electron chi connectivity index (χ2n) is 7.45. The van der Waals surface area contributed by atoms with Crippen molar-refractivity contribution in [2.45, 2.75) is 45.6 Å². The van der Waals surface area contributed by atoms with Crippen LogP contribution in [-0.2, 0) is 0 Å². The zero-order valence-corrected chi connectivity index (χ0v) is 15.9. The number of amides is 1. The topological polar surface area (TPSA) is 54.0 Å². The highest BCUT2D eigenvalue weighted by Gasteiger charge is 2.20. The smallest absolute Gasteiger partial charge is 0.252 e. The highest BCUT2D eigenvalue weighted by Crippen LogP contribution is 2.25. The number of benzene rings is 2. The average Bonchev–Trinajstić information content (AvgIpc) is 3.17. The van der Waals surface area contributed by atoms with Gasteiger partial charge in [-0.1, -0.05) is 37.1 Å². The molecular weight excluding hydrogens is 334 g/mol. The molecule has 0 aliphatic heterocycles. The largest absolute Gasteiger partial charge is 0.349 e. The lowest BCUT2D eigenvalue weighted by Crippen LogP contribution is -2.32. The molecule has 0 saturated heterocycles. The van der Waals surface area contributed by atoms with E-state index in [2.05, 4.69) is 36.6 Å². The molecule has 1 aromatic heterocycles. The minimum atomic E-state index is -0.0105. The minimum absolute atomic E-state index is 0.0105. The number of carbonyl (C=O) groups is 1. The molecule has 0 atom stereocenters. The van der Waals surface area contributed by atoms with E-state index in [1.807, 2.05) is 36.4 Å². The number of anilines is 2. The number of aryl methyl sites for hydroxylation is 2. The van der Waals surface area contributed by atoms with Crippen LogP contribution < -0.4 is 10.6 Å². The summed E-state index contributed by atoms with van der Waals surface area (Å²) in [5, 5.41) is 7.45. The summed E-state index contributed by atoms with van der Waals surface area (Å²) in [5.41, 5.74) is 4.95. The Labute approximate surface area is 160 Å². The maximum Gasteiger partial charge on any atom is 0.252 e. The van der Waals surface area contributed by atoms with Crippen LogP contribution in [0.25, 0.3) is 10.9 Å². The Balaban J connectivity index is 1.69. The van der Waals surface area contributed by atoms with Crippen LogP contribution in [0, 0.1) is 13.8 Å². The Morgan fingerprint density at radius 1 is 1.00 bits per heavy atom. The fourth-order valence-electron chi connectivity index (χ4n) is 3.73. The van der Waals surface area contributed by atoms with Crippen molar-refractivity contribution < 1.29 is 4.79 Å². The molecule has 4 rings (SSSR count). The van der Waals surface area contributed by atoms with E-state index in [-0.39, 0.29) is 5.91 Å². The Bertz CT molecular complexity index is 990. The van der Waals surface area contributed by atoms with Gasteiger partial charge in [0.1, 0.15) is 5.82 Å². The molecule has 4 nitrogen and oxygen atoms in total. The van der Waals surface area contributed by atoms with Gasteiger partial charge < -0.3 is 10.6 Å². The summed E-state index contributed by atoms with van der Waals surface area (Å²) in [6.07, 6.45) is 4.54. The van der Waals surface area contributed by atoms with Gasteiger partial charge in [-0.25, -0.2) is 4.98 Å². The normalized spacial score (nSPS) is 14.4. The Morgan fingerprint density at radius 2 is 1.78 bits per heavy atom. The van der Waals surface area contributed by atoms with Crippen LogP contribution in [-0.4, -0.2) is 16.9 Å². The molecule has 2 N–H and O–H groups in total. The number of aromatic nitrogens is 1. The molecule has 0 bridgehead atoms. The van der Waals surface area contributed by atoms with Crippen molar-refractivity contribution in [3.63, 3.8) is 0 Å². The van der Waals surface area contributed by atoms with E-state index in [0.717, 1.165) is 29.4 Å². The van der Waals surface area contributed by atoms with Crippen LogP contribution in [0.15, 0.2) is 48.5 Å². The lowest BCUT2D eigenvalue weighted by molar-refractivity contribution is 0.0939. The second-order valence-corrected chi connectivity index (χ2v) is 7.45. The Hall–Kier alpha value is -2.88. The van der Waals surface area contributed by atoms with Gasteiger partial charge in [0.25, 0.3) is 5.91 Å². The first-order chi connectivity index (χ1) is 13.1. The van der Waals surface area contributed by atoms with Crippen LogP contribution in [0.1, 0.15) is 47.2 Å². The van der Waals surface area contributed by atoms with Gasteiger partial charge in [-0.05, 0) is 62.1 Å². The molecule has 1 heterocycles. The number of rotatable bonds is 4. The summed E-state index contributed by atoms with van der Waals surface area (Å²) in [7, 11) is 0. The van der Waals surface area contributed by atoms with E-state index in [4.69, 9.17) is 4.98 Å². The van der Waals surface area contributed by atoms with Crippen molar-refractivity contribution in [3.05, 3.63) is 65.2 Å². The average molecular weight is 359 g/mol. The van der Waals surface area contributed by atoms with Crippen LogP contribution in [0.5, 0.6) is 0 Å². The zero-order chi connectivity index (χ0) is 18.8. The van der Waals surface area contributed by atoms with E-state index < -0.39 is 0 Å². The lowest BCUT2D eigenvalue weighted by Gasteiger charge is -2.15. The van der Waals surface area contributed by atoms with Crippen LogP contribution in [0.3, 0.4) is 0 Å². The standard InChI is InChI=1S/C23H25N3O/c1-15-11-12-18(13-16(15)2)24-22-14-20(19-9-5-6-10-21(19)26-22)23(27)25-17-7-3-4-8-17/h5-6,9-14,17H,3-4,7-8H2,1-2H3,(H,24,26)(H,25,27). The van der Waals surface area contributed by atoms with Crippen molar-refractivity contribution in [1.82, 2.24) is 10.3 Å². The van der Waals surface area contributed by atoms with E-state index in [9.17, 15) is 4.79 Å². The molecule has 0 spiro atoms. The van der Waals surface area contributed by atoms with Crippen LogP contribution in [0.2, 0.25) is 0 Å². The molecule has 4 heteroatoms. The summed E-state index contributed by atoms with van der Waals surface area (Å²) in [6, 6.07) is 16.2. The summed E-state index contributed by atoms with van der Waals surface area (Å²) in [5.74, 6) is 0.678. The van der Waals surface area contributed by atoms with Crippen molar-refractivity contribution in [3.8, 4) is 0 Å². The highest BCUT2D eigenvalue weighted by atomic mass is 16.1. The van der Waals surface area contributed by atoms with Gasteiger partial charge in [0.05, 0.1) is 11.1 Å². The predicted octanol–water partition coefficient (Wildman–Crippen LogP) is 5.27. The SMILES string of the molecule is Cc1ccc(Nc2cc(C(=O)NC3CCCC3)c3ccccc3n2)cc1C. The predicted molar refractivity (Wildman–Crippen MR) is 111 cm³/mol. The molecule has 1 saturated carbocycles. The van der Waals surface area contributed by atoms with Gasteiger partial charge in [-0.2, -0.15) is 0 Å². The first-order valence-corrected chi connectivity index (χ1v) is 9.65. The maximum absolute atomic E-state index is 13.0. The van der Waals surface area contributed by atoms with Gasteiger partial charge >= 0.3 is 0 Å². The third-order valence-electron chi connectivity index (χ3n) is 5.43. The molecule has 2 aromatic carbocycles. The van der Waals surface area contributed by atoms with Gasteiger partial charge in [0.15, 0.2) is 0 Å². The zero-order valence-electron chi connectivity index (χ0n) is 15.9. The van der Waals surface area contributed by atoms with E-state index in [1.165, 1.54) is 24.0 Å². The lowest BCUT2D eigenvalue weighted by atomic mass is 10.1. The number of fused-ring (bicyclic) bond motifs is 1. The van der Waals surface area contributed by atoms with E-state index in [0.29, 0.717) is 17.4 Å². The quantitative estimate of drug-likeness (QED) is 0.667. The Morgan fingerprint density at radius 3 is 2.56 bits per heavy atom. The van der Waals surface area contributed by atoms with Gasteiger partial charge in [0, 0.05) is 17.1 Å². The van der Waals surface area contributed by atoms with Gasteiger partial charge in [-0.15, -0.1) is 0 Å². The molecule has 3 aromatic rings. The van der Waals surface area contributed by atoms with Crippen molar-refractivity contribution in [1.29, 1.82) is 0 Å². The van der Waals surface area contributed by atoms with E-state index in [1.54, 1.807) is 0 Å². The fraction of sp³-hybridized carbons (Fsp3) is 0.304. The molecule has 138 valence electrons. The van der Waals surface area contributed by atoms with Crippen molar-refractivity contribution in [2.24, 2.45) is 0 Å². The molecule has 1 aliphatic rings. The molecule has 27 heavy (non-hydrogen) atoms. The van der Waals surface area contributed by atoms with Gasteiger partial charge in [0.2, 0.25) is 0 Å². The third-order valence-corrected chi connectivity index (χ3v) is 5.43. The summed E-state index contributed by atoms with van der Waals surface area (Å²) < 4.78 is 0. The number of nitrogens with zero attached hydrogens (tertiary/aromatic N) is 1. The summed E-state index contributed by atoms with van der Waals surface area (Å²) >= 11 is 0. The number of carbonyl (C=O) groups excluding carboxylic acids is 1. The Kier molecular flexibility index (Phi) is 4.80. The van der Waals surface area contributed by atoms with Crippen LogP contribution in [0.4, 0.5) is 11.5 Å². The number of hydrogen-bond donors (Lipinski definition) is 2. The molecule has 1 fully saturated rings. The summed E-state index contributed by atoms with van der Waals surface area (Å²) in [6.45, 7) is 4.19. The second kappa shape index (κ2) is 7.39. The van der Waals surface area contributed by atoms with Gasteiger partial charge in [-0.3, -0.25) is 4.79 Å². The minimum Gasteiger partial charge on any atom is -0.349 e.